The lowest BCUT2D eigenvalue weighted by atomic mass is 10.1. The minimum Gasteiger partial charge on any atom is -0.481 e. The van der Waals surface area contributed by atoms with E-state index < -0.39 is 5.97 Å². The van der Waals surface area contributed by atoms with Gasteiger partial charge in [0.15, 0.2) is 0 Å². The third-order valence-electron chi connectivity index (χ3n) is 2.77. The third kappa shape index (κ3) is 3.73. The smallest absolute Gasteiger partial charge is 0.303 e. The van der Waals surface area contributed by atoms with Gasteiger partial charge in [0, 0.05) is 25.4 Å². The molecule has 1 heterocycles. The molecule has 1 aromatic carbocycles. The zero-order valence-electron chi connectivity index (χ0n) is 10.1. The van der Waals surface area contributed by atoms with E-state index in [-0.39, 0.29) is 6.42 Å². The molecule has 0 spiro atoms. The summed E-state index contributed by atoms with van der Waals surface area (Å²) in [4.78, 5) is 14.5. The molecule has 0 fully saturated rings. The molecule has 1 N–H and O–H groups in total. The second-order valence-corrected chi connectivity index (χ2v) is 4.30. The Labute approximate surface area is 106 Å². The van der Waals surface area contributed by atoms with Gasteiger partial charge in [-0.05, 0) is 24.0 Å². The highest BCUT2D eigenvalue weighted by Gasteiger charge is 2.00. The summed E-state index contributed by atoms with van der Waals surface area (Å²) in [5.41, 5.74) is 2.40. The van der Waals surface area contributed by atoms with Gasteiger partial charge in [-0.1, -0.05) is 24.3 Å². The molecule has 18 heavy (non-hydrogen) atoms. The standard InChI is InChI=1S/C14H16N2O2/c17-14(18)6-2-4-12-3-1-5-13(9-12)10-16-8-7-15-11-16/h1,3,5,7-9,11H,2,4,6,10H2,(H,17,18). The number of aromatic nitrogens is 2. The lowest BCUT2D eigenvalue weighted by Crippen LogP contribution is -1.99. The summed E-state index contributed by atoms with van der Waals surface area (Å²) in [6.07, 6.45) is 7.20. The van der Waals surface area contributed by atoms with Crippen molar-refractivity contribution in [3.63, 3.8) is 0 Å². The number of carboxylic acid groups (broad SMARTS) is 1. The molecule has 0 aliphatic rings. The van der Waals surface area contributed by atoms with Crippen LogP contribution >= 0.6 is 0 Å². The number of rotatable bonds is 6. The molecule has 0 bridgehead atoms. The van der Waals surface area contributed by atoms with Gasteiger partial charge in [-0.3, -0.25) is 4.79 Å². The topological polar surface area (TPSA) is 55.1 Å². The SMILES string of the molecule is O=C(O)CCCc1cccc(Cn2ccnc2)c1. The van der Waals surface area contributed by atoms with E-state index in [4.69, 9.17) is 5.11 Å². The van der Waals surface area contributed by atoms with E-state index in [0.29, 0.717) is 6.42 Å². The van der Waals surface area contributed by atoms with Gasteiger partial charge >= 0.3 is 5.97 Å². The van der Waals surface area contributed by atoms with Crippen LogP contribution in [0.15, 0.2) is 43.0 Å². The van der Waals surface area contributed by atoms with E-state index in [9.17, 15) is 4.79 Å². The molecular formula is C14H16N2O2. The van der Waals surface area contributed by atoms with Gasteiger partial charge in [0.05, 0.1) is 6.33 Å². The molecule has 2 rings (SSSR count). The van der Waals surface area contributed by atoms with Gasteiger partial charge < -0.3 is 9.67 Å². The highest BCUT2D eigenvalue weighted by molar-refractivity contribution is 5.66. The first-order chi connectivity index (χ1) is 8.74. The summed E-state index contributed by atoms with van der Waals surface area (Å²) < 4.78 is 2.01. The molecule has 94 valence electrons. The van der Waals surface area contributed by atoms with Crippen molar-refractivity contribution in [1.29, 1.82) is 0 Å². The molecule has 0 saturated heterocycles. The normalized spacial score (nSPS) is 10.4. The van der Waals surface area contributed by atoms with E-state index in [1.54, 1.807) is 12.5 Å². The van der Waals surface area contributed by atoms with Crippen LogP contribution < -0.4 is 0 Å². The van der Waals surface area contributed by atoms with Crippen molar-refractivity contribution in [2.75, 3.05) is 0 Å². The molecule has 0 aliphatic heterocycles. The first-order valence-corrected chi connectivity index (χ1v) is 5.99. The largest absolute Gasteiger partial charge is 0.481 e. The number of hydrogen-bond donors (Lipinski definition) is 1. The predicted molar refractivity (Wildman–Crippen MR) is 68.3 cm³/mol. The first-order valence-electron chi connectivity index (χ1n) is 5.99. The number of carbonyl (C=O) groups is 1. The van der Waals surface area contributed by atoms with Gasteiger partial charge in [0.25, 0.3) is 0 Å². The average Bonchev–Trinajstić information content (AvgIpc) is 2.82. The fourth-order valence-corrected chi connectivity index (χ4v) is 1.92. The van der Waals surface area contributed by atoms with Crippen molar-refractivity contribution >= 4 is 5.97 Å². The van der Waals surface area contributed by atoms with Crippen molar-refractivity contribution < 1.29 is 9.90 Å². The molecule has 2 aromatic rings. The van der Waals surface area contributed by atoms with Crippen molar-refractivity contribution in [3.8, 4) is 0 Å². The van der Waals surface area contributed by atoms with Crippen LogP contribution in [0.25, 0.3) is 0 Å². The number of aryl methyl sites for hydroxylation is 1. The number of aliphatic carboxylic acids is 1. The number of nitrogens with zero attached hydrogens (tertiary/aromatic N) is 2. The van der Waals surface area contributed by atoms with Crippen molar-refractivity contribution in [3.05, 3.63) is 54.1 Å². The predicted octanol–water partition coefficient (Wildman–Crippen LogP) is 2.34. The van der Waals surface area contributed by atoms with Crippen LogP contribution in [-0.4, -0.2) is 20.6 Å². The van der Waals surface area contributed by atoms with Crippen LogP contribution in [-0.2, 0) is 17.8 Å². The maximum absolute atomic E-state index is 10.5. The van der Waals surface area contributed by atoms with E-state index in [1.165, 1.54) is 11.1 Å². The molecule has 1 aromatic heterocycles. The van der Waals surface area contributed by atoms with E-state index >= 15 is 0 Å². The molecule has 0 atom stereocenters. The summed E-state index contributed by atoms with van der Waals surface area (Å²) in [6, 6.07) is 8.25. The second kappa shape index (κ2) is 6.00. The molecule has 0 amide bonds. The Hall–Kier alpha value is -2.10. The maximum atomic E-state index is 10.5. The molecular weight excluding hydrogens is 228 g/mol. The van der Waals surface area contributed by atoms with Crippen LogP contribution in [0.4, 0.5) is 0 Å². The zero-order valence-corrected chi connectivity index (χ0v) is 10.1. The Balaban J connectivity index is 1.94. The Kier molecular flexibility index (Phi) is 4.12. The second-order valence-electron chi connectivity index (χ2n) is 4.30. The van der Waals surface area contributed by atoms with Gasteiger partial charge in [-0.15, -0.1) is 0 Å². The molecule has 0 aliphatic carbocycles. The third-order valence-corrected chi connectivity index (χ3v) is 2.77. The van der Waals surface area contributed by atoms with Gasteiger partial charge in [0.2, 0.25) is 0 Å². The van der Waals surface area contributed by atoms with Crippen molar-refractivity contribution in [2.45, 2.75) is 25.8 Å². The van der Waals surface area contributed by atoms with E-state index in [2.05, 4.69) is 17.1 Å². The molecule has 0 radical (unpaired) electrons. The number of benzene rings is 1. The summed E-state index contributed by atoms with van der Waals surface area (Å²) in [5, 5.41) is 8.61. The van der Waals surface area contributed by atoms with Crippen LogP contribution in [0.2, 0.25) is 0 Å². The minimum atomic E-state index is -0.732. The molecule has 4 nitrogen and oxygen atoms in total. The maximum Gasteiger partial charge on any atom is 0.303 e. The summed E-state index contributed by atoms with van der Waals surface area (Å²) in [7, 11) is 0. The van der Waals surface area contributed by atoms with Crippen LogP contribution in [0, 0.1) is 0 Å². The van der Waals surface area contributed by atoms with Crippen LogP contribution in [0.5, 0.6) is 0 Å². The van der Waals surface area contributed by atoms with Crippen molar-refractivity contribution in [2.24, 2.45) is 0 Å². The molecule has 0 unspecified atom stereocenters. The Bertz CT molecular complexity index is 506. The lowest BCUT2D eigenvalue weighted by Gasteiger charge is -2.05. The summed E-state index contributed by atoms with van der Waals surface area (Å²) >= 11 is 0. The Morgan fingerprint density at radius 3 is 2.89 bits per heavy atom. The molecule has 0 saturated carbocycles. The summed E-state index contributed by atoms with van der Waals surface area (Å²) in [5.74, 6) is -0.732. The van der Waals surface area contributed by atoms with Crippen molar-refractivity contribution in [1.82, 2.24) is 9.55 Å². The lowest BCUT2D eigenvalue weighted by molar-refractivity contribution is -0.137. The fourth-order valence-electron chi connectivity index (χ4n) is 1.92. The number of hydrogen-bond acceptors (Lipinski definition) is 2. The number of carboxylic acids is 1. The van der Waals surface area contributed by atoms with E-state index in [1.807, 2.05) is 22.9 Å². The van der Waals surface area contributed by atoms with Gasteiger partial charge in [-0.2, -0.15) is 0 Å². The quantitative estimate of drug-likeness (QED) is 0.848. The van der Waals surface area contributed by atoms with Crippen LogP contribution in [0.3, 0.4) is 0 Å². The highest BCUT2D eigenvalue weighted by atomic mass is 16.4. The van der Waals surface area contributed by atoms with Gasteiger partial charge in [0.1, 0.15) is 0 Å². The molecule has 4 heteroatoms. The number of imidazole rings is 1. The minimum absolute atomic E-state index is 0.228. The average molecular weight is 244 g/mol. The highest BCUT2D eigenvalue weighted by Crippen LogP contribution is 2.10. The van der Waals surface area contributed by atoms with E-state index in [0.717, 1.165) is 13.0 Å². The Morgan fingerprint density at radius 1 is 1.33 bits per heavy atom. The fraction of sp³-hybridized carbons (Fsp3) is 0.286. The van der Waals surface area contributed by atoms with Gasteiger partial charge in [-0.25, -0.2) is 4.98 Å². The Morgan fingerprint density at radius 2 is 2.17 bits per heavy atom. The zero-order chi connectivity index (χ0) is 12.8. The monoisotopic (exact) mass is 244 g/mol. The first kappa shape index (κ1) is 12.4. The summed E-state index contributed by atoms with van der Waals surface area (Å²) in [6.45, 7) is 0.798. The van der Waals surface area contributed by atoms with Crippen LogP contribution in [0.1, 0.15) is 24.0 Å².